The van der Waals surface area contributed by atoms with E-state index in [1.807, 2.05) is 18.7 Å². The molecule has 1 N–H and O–H groups in total. The average Bonchev–Trinajstić information content (AvgIpc) is 2.38. The standard InChI is InChI=1S/C17H26N2S/c1-13(2)19-17(5,12-18)9-6-10-20-16-8-7-14(3)15(4)11-16/h7-8,11,13,19H,6,9-10H2,1-5H3. The predicted octanol–water partition coefficient (Wildman–Crippen LogP) is 4.46. The highest BCUT2D eigenvalue weighted by Crippen LogP contribution is 2.23. The van der Waals surface area contributed by atoms with Gasteiger partial charge in [-0.2, -0.15) is 5.26 Å². The zero-order valence-electron chi connectivity index (χ0n) is 13.3. The van der Waals surface area contributed by atoms with Gasteiger partial charge in [0, 0.05) is 10.9 Å². The Bertz CT molecular complexity index is 476. The minimum Gasteiger partial charge on any atom is -0.297 e. The number of nitriles is 1. The minimum absolute atomic E-state index is 0.340. The maximum atomic E-state index is 9.30. The van der Waals surface area contributed by atoms with Crippen LogP contribution in [0.25, 0.3) is 0 Å². The first-order valence-electron chi connectivity index (χ1n) is 7.25. The van der Waals surface area contributed by atoms with Crippen LogP contribution in [0.2, 0.25) is 0 Å². The van der Waals surface area contributed by atoms with Crippen molar-refractivity contribution in [2.45, 2.75) is 63.9 Å². The van der Waals surface area contributed by atoms with Gasteiger partial charge < -0.3 is 0 Å². The van der Waals surface area contributed by atoms with Gasteiger partial charge in [0.25, 0.3) is 0 Å². The van der Waals surface area contributed by atoms with Crippen LogP contribution in [-0.2, 0) is 0 Å². The Kier molecular flexibility index (Phi) is 6.58. The van der Waals surface area contributed by atoms with Crippen LogP contribution in [0.15, 0.2) is 23.1 Å². The maximum absolute atomic E-state index is 9.30. The number of hydrogen-bond donors (Lipinski definition) is 1. The van der Waals surface area contributed by atoms with Gasteiger partial charge in [0.2, 0.25) is 0 Å². The molecule has 0 aliphatic rings. The van der Waals surface area contributed by atoms with E-state index in [4.69, 9.17) is 0 Å². The Balaban J connectivity index is 2.41. The zero-order chi connectivity index (χ0) is 15.2. The molecule has 0 radical (unpaired) electrons. The number of nitrogens with one attached hydrogen (secondary N) is 1. The summed E-state index contributed by atoms with van der Waals surface area (Å²) in [5, 5.41) is 12.6. The highest BCUT2D eigenvalue weighted by Gasteiger charge is 2.23. The molecule has 1 unspecified atom stereocenters. The number of nitrogens with zero attached hydrogens (tertiary/aromatic N) is 1. The van der Waals surface area contributed by atoms with Crippen molar-refractivity contribution in [1.82, 2.24) is 5.32 Å². The molecular weight excluding hydrogens is 264 g/mol. The molecule has 0 bridgehead atoms. The normalized spacial score (nSPS) is 14.1. The lowest BCUT2D eigenvalue weighted by molar-refractivity contribution is 0.380. The second-order valence-corrected chi connectivity index (χ2v) is 7.11. The molecule has 0 amide bonds. The molecule has 20 heavy (non-hydrogen) atoms. The number of benzene rings is 1. The molecule has 2 nitrogen and oxygen atoms in total. The third-order valence-corrected chi connectivity index (χ3v) is 4.50. The molecule has 0 heterocycles. The van der Waals surface area contributed by atoms with Gasteiger partial charge in [-0.3, -0.25) is 5.32 Å². The molecule has 0 spiro atoms. The summed E-state index contributed by atoms with van der Waals surface area (Å²) in [5.74, 6) is 1.06. The van der Waals surface area contributed by atoms with E-state index in [0.29, 0.717) is 6.04 Å². The fourth-order valence-corrected chi connectivity index (χ4v) is 3.17. The fourth-order valence-electron chi connectivity index (χ4n) is 2.22. The van der Waals surface area contributed by atoms with Gasteiger partial charge in [-0.25, -0.2) is 0 Å². The van der Waals surface area contributed by atoms with Crippen LogP contribution in [0.3, 0.4) is 0 Å². The van der Waals surface area contributed by atoms with E-state index >= 15 is 0 Å². The molecule has 0 fully saturated rings. The van der Waals surface area contributed by atoms with Crippen LogP contribution >= 0.6 is 11.8 Å². The molecule has 0 aliphatic heterocycles. The Morgan fingerprint density at radius 2 is 2.00 bits per heavy atom. The third-order valence-electron chi connectivity index (χ3n) is 3.42. The van der Waals surface area contributed by atoms with Gasteiger partial charge in [0.1, 0.15) is 5.54 Å². The maximum Gasteiger partial charge on any atom is 0.104 e. The van der Waals surface area contributed by atoms with Gasteiger partial charge in [-0.1, -0.05) is 6.07 Å². The lowest BCUT2D eigenvalue weighted by Crippen LogP contribution is -2.44. The van der Waals surface area contributed by atoms with Crippen LogP contribution in [0.5, 0.6) is 0 Å². The van der Waals surface area contributed by atoms with Crippen LogP contribution < -0.4 is 5.32 Å². The zero-order valence-corrected chi connectivity index (χ0v) is 14.1. The van der Waals surface area contributed by atoms with Gasteiger partial charge in [0.05, 0.1) is 6.07 Å². The molecule has 0 saturated carbocycles. The van der Waals surface area contributed by atoms with Crippen LogP contribution in [0.4, 0.5) is 0 Å². The number of aryl methyl sites for hydroxylation is 2. The van der Waals surface area contributed by atoms with Gasteiger partial charge in [-0.05, 0) is 76.5 Å². The van der Waals surface area contributed by atoms with Crippen molar-refractivity contribution >= 4 is 11.8 Å². The lowest BCUT2D eigenvalue weighted by Gasteiger charge is -2.25. The van der Waals surface area contributed by atoms with Crippen LogP contribution in [-0.4, -0.2) is 17.3 Å². The summed E-state index contributed by atoms with van der Waals surface area (Å²) in [6, 6.07) is 9.35. The minimum atomic E-state index is -0.405. The molecule has 0 aliphatic carbocycles. The molecule has 3 heteroatoms. The van der Waals surface area contributed by atoms with E-state index in [2.05, 4.69) is 57.3 Å². The molecule has 1 atom stereocenters. The number of rotatable bonds is 7. The molecular formula is C17H26N2S. The van der Waals surface area contributed by atoms with Crippen LogP contribution in [0.1, 0.15) is 44.7 Å². The lowest BCUT2D eigenvalue weighted by atomic mass is 9.97. The number of hydrogen-bond acceptors (Lipinski definition) is 3. The molecule has 1 aromatic rings. The van der Waals surface area contributed by atoms with Crippen molar-refractivity contribution in [3.05, 3.63) is 29.3 Å². The Morgan fingerprint density at radius 3 is 2.55 bits per heavy atom. The highest BCUT2D eigenvalue weighted by atomic mass is 32.2. The van der Waals surface area contributed by atoms with E-state index in [0.717, 1.165) is 18.6 Å². The first kappa shape index (κ1) is 17.1. The van der Waals surface area contributed by atoms with Crippen molar-refractivity contribution < 1.29 is 0 Å². The third kappa shape index (κ3) is 5.56. The molecule has 0 saturated heterocycles. The topological polar surface area (TPSA) is 35.8 Å². The van der Waals surface area contributed by atoms with Crippen LogP contribution in [0, 0.1) is 25.2 Å². The Labute approximate surface area is 128 Å². The first-order chi connectivity index (χ1) is 9.36. The van der Waals surface area contributed by atoms with E-state index in [9.17, 15) is 5.26 Å². The fraction of sp³-hybridized carbons (Fsp3) is 0.588. The SMILES string of the molecule is Cc1ccc(SCCCC(C)(C#N)NC(C)C)cc1C. The van der Waals surface area contributed by atoms with Crippen molar-refractivity contribution in [3.63, 3.8) is 0 Å². The summed E-state index contributed by atoms with van der Waals surface area (Å²) < 4.78 is 0. The van der Waals surface area contributed by atoms with Gasteiger partial charge in [-0.15, -0.1) is 11.8 Å². The van der Waals surface area contributed by atoms with E-state index in [1.165, 1.54) is 16.0 Å². The average molecular weight is 290 g/mol. The summed E-state index contributed by atoms with van der Waals surface area (Å²) in [5.41, 5.74) is 2.28. The largest absolute Gasteiger partial charge is 0.297 e. The van der Waals surface area contributed by atoms with Crippen molar-refractivity contribution in [2.24, 2.45) is 0 Å². The molecule has 0 aromatic heterocycles. The summed E-state index contributed by atoms with van der Waals surface area (Å²) in [7, 11) is 0. The molecule has 1 rings (SSSR count). The molecule has 1 aromatic carbocycles. The monoisotopic (exact) mass is 290 g/mol. The van der Waals surface area contributed by atoms with Crippen molar-refractivity contribution in [1.29, 1.82) is 5.26 Å². The summed E-state index contributed by atoms with van der Waals surface area (Å²) >= 11 is 1.88. The summed E-state index contributed by atoms with van der Waals surface area (Å²) in [4.78, 5) is 1.32. The van der Waals surface area contributed by atoms with Gasteiger partial charge in [0.15, 0.2) is 0 Å². The van der Waals surface area contributed by atoms with Crippen molar-refractivity contribution in [3.8, 4) is 6.07 Å². The highest BCUT2D eigenvalue weighted by molar-refractivity contribution is 7.99. The second kappa shape index (κ2) is 7.71. The summed E-state index contributed by atoms with van der Waals surface area (Å²) in [6.45, 7) is 10.4. The quantitative estimate of drug-likeness (QED) is 0.595. The van der Waals surface area contributed by atoms with E-state index in [-0.39, 0.29) is 0 Å². The first-order valence-corrected chi connectivity index (χ1v) is 8.24. The van der Waals surface area contributed by atoms with Gasteiger partial charge >= 0.3 is 0 Å². The number of thioether (sulfide) groups is 1. The Hall–Kier alpha value is -0.980. The Morgan fingerprint density at radius 1 is 1.30 bits per heavy atom. The smallest absolute Gasteiger partial charge is 0.104 e. The summed E-state index contributed by atoms with van der Waals surface area (Å²) in [6.07, 6.45) is 1.93. The van der Waals surface area contributed by atoms with E-state index < -0.39 is 5.54 Å². The second-order valence-electron chi connectivity index (χ2n) is 5.94. The predicted molar refractivity (Wildman–Crippen MR) is 88.2 cm³/mol. The van der Waals surface area contributed by atoms with Crippen molar-refractivity contribution in [2.75, 3.05) is 5.75 Å². The van der Waals surface area contributed by atoms with E-state index in [1.54, 1.807) is 0 Å². The molecule has 110 valence electrons.